The molecule has 1 N–H and O–H groups in total. The molecule has 0 heterocycles. The summed E-state index contributed by atoms with van der Waals surface area (Å²) in [6.45, 7) is 1.10. The summed E-state index contributed by atoms with van der Waals surface area (Å²) in [5, 5.41) is 3.71. The van der Waals surface area contributed by atoms with Gasteiger partial charge < -0.3 is 15.1 Å². The molecule has 2 amide bonds. The third-order valence-corrected chi connectivity index (χ3v) is 4.19. The maximum absolute atomic E-state index is 12.3. The number of nitrogens with one attached hydrogen (secondary N) is 1. The van der Waals surface area contributed by atoms with Crippen LogP contribution in [0.4, 0.5) is 4.79 Å². The summed E-state index contributed by atoms with van der Waals surface area (Å²) in [5.41, 5.74) is 2.23. The molecule has 24 heavy (non-hydrogen) atoms. The third kappa shape index (κ3) is 5.25. The molecule has 2 aromatic carbocycles. The SMILES string of the molecule is CN(Cc1ccc(Cl)cc1)C(=O)NCC(c1ccccc1)N(C)C. The van der Waals surface area contributed by atoms with E-state index in [2.05, 4.69) is 22.3 Å². The Morgan fingerprint density at radius 1 is 1.04 bits per heavy atom. The van der Waals surface area contributed by atoms with Gasteiger partial charge in [0.2, 0.25) is 0 Å². The van der Waals surface area contributed by atoms with Gasteiger partial charge in [-0.2, -0.15) is 0 Å². The van der Waals surface area contributed by atoms with E-state index in [0.717, 1.165) is 5.56 Å². The van der Waals surface area contributed by atoms with Gasteiger partial charge >= 0.3 is 6.03 Å². The quantitative estimate of drug-likeness (QED) is 0.864. The summed E-state index contributed by atoms with van der Waals surface area (Å²) in [6, 6.07) is 17.8. The van der Waals surface area contributed by atoms with Crippen LogP contribution in [-0.4, -0.2) is 43.5 Å². The number of hydrogen-bond donors (Lipinski definition) is 1. The Hall–Kier alpha value is -2.04. The highest BCUT2D eigenvalue weighted by atomic mass is 35.5. The summed E-state index contributed by atoms with van der Waals surface area (Å²) in [4.78, 5) is 16.1. The number of carbonyl (C=O) groups excluding carboxylic acids is 1. The molecule has 2 aromatic rings. The van der Waals surface area contributed by atoms with Gasteiger partial charge in [-0.25, -0.2) is 4.79 Å². The normalized spacial score (nSPS) is 12.0. The first-order valence-corrected chi connectivity index (χ1v) is 8.30. The molecule has 0 spiro atoms. The Kier molecular flexibility index (Phi) is 6.64. The fraction of sp³-hybridized carbons (Fsp3) is 0.316. The topological polar surface area (TPSA) is 35.6 Å². The Morgan fingerprint density at radius 2 is 1.67 bits per heavy atom. The monoisotopic (exact) mass is 345 g/mol. The smallest absolute Gasteiger partial charge is 0.317 e. The minimum Gasteiger partial charge on any atom is -0.336 e. The molecule has 0 fully saturated rings. The number of carbonyl (C=O) groups is 1. The van der Waals surface area contributed by atoms with Gasteiger partial charge in [0.05, 0.1) is 6.04 Å². The van der Waals surface area contributed by atoms with Crippen LogP contribution in [0.2, 0.25) is 5.02 Å². The number of amides is 2. The van der Waals surface area contributed by atoms with E-state index in [-0.39, 0.29) is 12.1 Å². The summed E-state index contributed by atoms with van der Waals surface area (Å²) in [7, 11) is 5.82. The minimum absolute atomic E-state index is 0.0901. The molecule has 0 aliphatic heterocycles. The number of benzene rings is 2. The van der Waals surface area contributed by atoms with Crippen molar-refractivity contribution in [2.75, 3.05) is 27.7 Å². The van der Waals surface area contributed by atoms with Crippen LogP contribution >= 0.6 is 11.6 Å². The van der Waals surface area contributed by atoms with Gasteiger partial charge in [0.25, 0.3) is 0 Å². The van der Waals surface area contributed by atoms with Crippen molar-refractivity contribution in [3.8, 4) is 0 Å². The summed E-state index contributed by atoms with van der Waals surface area (Å²) in [6.07, 6.45) is 0. The van der Waals surface area contributed by atoms with Crippen molar-refractivity contribution in [3.63, 3.8) is 0 Å². The lowest BCUT2D eigenvalue weighted by Gasteiger charge is -2.26. The van der Waals surface area contributed by atoms with Gasteiger partial charge in [0.15, 0.2) is 0 Å². The Balaban J connectivity index is 1.91. The summed E-state index contributed by atoms with van der Waals surface area (Å²) in [5.74, 6) is 0. The molecule has 5 heteroatoms. The molecular weight excluding hydrogens is 322 g/mol. The van der Waals surface area contributed by atoms with E-state index in [1.165, 1.54) is 5.56 Å². The first kappa shape index (κ1) is 18.3. The van der Waals surface area contributed by atoms with Gasteiger partial charge in [-0.1, -0.05) is 54.1 Å². The van der Waals surface area contributed by atoms with Crippen LogP contribution in [0, 0.1) is 0 Å². The second-order valence-electron chi connectivity index (χ2n) is 6.06. The lowest BCUT2D eigenvalue weighted by atomic mass is 10.1. The van der Waals surface area contributed by atoms with Crippen molar-refractivity contribution >= 4 is 17.6 Å². The lowest BCUT2D eigenvalue weighted by Crippen LogP contribution is -2.41. The number of hydrogen-bond acceptors (Lipinski definition) is 2. The van der Waals surface area contributed by atoms with Crippen LogP contribution in [0.25, 0.3) is 0 Å². The fourth-order valence-electron chi connectivity index (χ4n) is 2.53. The molecule has 1 unspecified atom stereocenters. The molecule has 1 atom stereocenters. The van der Waals surface area contributed by atoms with Crippen LogP contribution in [0.5, 0.6) is 0 Å². The number of halogens is 1. The van der Waals surface area contributed by atoms with Gasteiger partial charge in [-0.15, -0.1) is 0 Å². The second-order valence-corrected chi connectivity index (χ2v) is 6.50. The first-order valence-electron chi connectivity index (χ1n) is 7.92. The summed E-state index contributed by atoms with van der Waals surface area (Å²) < 4.78 is 0. The predicted molar refractivity (Wildman–Crippen MR) is 99.2 cm³/mol. The maximum Gasteiger partial charge on any atom is 0.317 e. The molecule has 0 radical (unpaired) electrons. The minimum atomic E-state index is -0.0901. The van der Waals surface area contributed by atoms with E-state index in [9.17, 15) is 4.79 Å². The standard InChI is InChI=1S/C19H24ClN3O/c1-22(2)18(16-7-5-4-6-8-16)13-21-19(24)23(3)14-15-9-11-17(20)12-10-15/h4-12,18H,13-14H2,1-3H3,(H,21,24). The van der Waals surface area contributed by atoms with Crippen molar-refractivity contribution < 1.29 is 4.79 Å². The van der Waals surface area contributed by atoms with Gasteiger partial charge in [-0.3, -0.25) is 0 Å². The van der Waals surface area contributed by atoms with Crippen LogP contribution < -0.4 is 5.32 Å². The number of likely N-dealkylation sites (N-methyl/N-ethyl adjacent to an activating group) is 1. The molecule has 0 aromatic heterocycles. The highest BCUT2D eigenvalue weighted by Gasteiger charge is 2.16. The molecule has 128 valence electrons. The van der Waals surface area contributed by atoms with Gasteiger partial charge in [0.1, 0.15) is 0 Å². The van der Waals surface area contributed by atoms with E-state index in [1.54, 1.807) is 11.9 Å². The van der Waals surface area contributed by atoms with E-state index in [4.69, 9.17) is 11.6 Å². The van der Waals surface area contributed by atoms with Crippen LogP contribution in [0.1, 0.15) is 17.2 Å². The van der Waals surface area contributed by atoms with Crippen LogP contribution in [-0.2, 0) is 6.54 Å². The summed E-state index contributed by atoms with van der Waals surface area (Å²) >= 11 is 5.89. The average Bonchev–Trinajstić information content (AvgIpc) is 2.57. The highest BCUT2D eigenvalue weighted by Crippen LogP contribution is 2.17. The lowest BCUT2D eigenvalue weighted by molar-refractivity contribution is 0.200. The molecule has 0 aliphatic rings. The van der Waals surface area contributed by atoms with Crippen LogP contribution in [0.15, 0.2) is 54.6 Å². The number of nitrogens with zero attached hydrogens (tertiary/aromatic N) is 2. The van der Waals surface area contributed by atoms with Gasteiger partial charge in [-0.05, 0) is 37.4 Å². The highest BCUT2D eigenvalue weighted by molar-refractivity contribution is 6.30. The Labute approximate surface area is 149 Å². The van der Waals surface area contributed by atoms with E-state index < -0.39 is 0 Å². The molecule has 4 nitrogen and oxygen atoms in total. The van der Waals surface area contributed by atoms with E-state index in [1.807, 2.05) is 56.6 Å². The van der Waals surface area contributed by atoms with Crippen molar-refractivity contribution in [3.05, 3.63) is 70.7 Å². The largest absolute Gasteiger partial charge is 0.336 e. The van der Waals surface area contributed by atoms with Gasteiger partial charge in [0, 0.05) is 25.2 Å². The second kappa shape index (κ2) is 8.71. The molecule has 0 aliphatic carbocycles. The van der Waals surface area contributed by atoms with Crippen molar-refractivity contribution in [2.24, 2.45) is 0 Å². The molecule has 2 rings (SSSR count). The zero-order valence-electron chi connectivity index (χ0n) is 14.4. The Morgan fingerprint density at radius 3 is 2.25 bits per heavy atom. The zero-order chi connectivity index (χ0) is 17.5. The first-order chi connectivity index (χ1) is 11.5. The van der Waals surface area contributed by atoms with Crippen LogP contribution in [0.3, 0.4) is 0 Å². The van der Waals surface area contributed by atoms with E-state index in [0.29, 0.717) is 18.1 Å². The third-order valence-electron chi connectivity index (χ3n) is 3.93. The molecule has 0 saturated carbocycles. The zero-order valence-corrected chi connectivity index (χ0v) is 15.1. The molecular formula is C19H24ClN3O. The van der Waals surface area contributed by atoms with Crippen molar-refractivity contribution in [2.45, 2.75) is 12.6 Å². The maximum atomic E-state index is 12.3. The number of rotatable bonds is 6. The Bertz CT molecular complexity index is 643. The predicted octanol–water partition coefficient (Wildman–Crippen LogP) is 3.78. The fourth-order valence-corrected chi connectivity index (χ4v) is 2.65. The molecule has 0 bridgehead atoms. The van der Waals surface area contributed by atoms with Crippen molar-refractivity contribution in [1.82, 2.24) is 15.1 Å². The van der Waals surface area contributed by atoms with E-state index >= 15 is 0 Å². The van der Waals surface area contributed by atoms with Crippen molar-refractivity contribution in [1.29, 1.82) is 0 Å². The number of urea groups is 1. The molecule has 0 saturated heterocycles. The average molecular weight is 346 g/mol.